The SMILES string of the molecule is C#CCCOc1ccc(Cl)cc1-c1cccc(C(=O)OC(C)(C)C)c1. The molecule has 0 amide bonds. The first kappa shape index (κ1) is 18.9. The van der Waals surface area contributed by atoms with Crippen LogP contribution in [0.25, 0.3) is 11.1 Å². The summed E-state index contributed by atoms with van der Waals surface area (Å²) in [7, 11) is 0. The summed E-state index contributed by atoms with van der Waals surface area (Å²) in [5, 5.41) is 0.585. The molecule has 0 bridgehead atoms. The van der Waals surface area contributed by atoms with Crippen LogP contribution < -0.4 is 4.74 Å². The highest BCUT2D eigenvalue weighted by atomic mass is 35.5. The van der Waals surface area contributed by atoms with Gasteiger partial charge in [0, 0.05) is 17.0 Å². The first-order chi connectivity index (χ1) is 11.8. The Kier molecular flexibility index (Phi) is 6.12. The van der Waals surface area contributed by atoms with Gasteiger partial charge in [0.2, 0.25) is 0 Å². The highest BCUT2D eigenvalue weighted by molar-refractivity contribution is 6.31. The monoisotopic (exact) mass is 356 g/mol. The van der Waals surface area contributed by atoms with Crippen LogP contribution in [0, 0.1) is 12.3 Å². The number of benzene rings is 2. The molecule has 0 aliphatic heterocycles. The zero-order chi connectivity index (χ0) is 18.4. The molecular weight excluding hydrogens is 336 g/mol. The third-order valence-electron chi connectivity index (χ3n) is 3.25. The van der Waals surface area contributed by atoms with E-state index in [1.54, 1.807) is 36.4 Å². The molecule has 3 nitrogen and oxygen atoms in total. The molecule has 25 heavy (non-hydrogen) atoms. The lowest BCUT2D eigenvalue weighted by atomic mass is 10.0. The zero-order valence-electron chi connectivity index (χ0n) is 14.6. The Hall–Kier alpha value is -2.44. The number of rotatable bonds is 5. The van der Waals surface area contributed by atoms with Crippen molar-refractivity contribution in [2.24, 2.45) is 0 Å². The smallest absolute Gasteiger partial charge is 0.338 e. The number of carbonyl (C=O) groups is 1. The minimum absolute atomic E-state index is 0.369. The van der Waals surface area contributed by atoms with Crippen LogP contribution in [0.4, 0.5) is 0 Å². The molecule has 4 heteroatoms. The molecule has 0 heterocycles. The molecule has 130 valence electrons. The second-order valence-electron chi connectivity index (χ2n) is 6.53. The predicted molar refractivity (Wildman–Crippen MR) is 101 cm³/mol. The summed E-state index contributed by atoms with van der Waals surface area (Å²) in [6, 6.07) is 12.6. The first-order valence-electron chi connectivity index (χ1n) is 8.00. The molecule has 0 radical (unpaired) electrons. The number of carbonyl (C=O) groups excluding carboxylic acids is 1. The van der Waals surface area contributed by atoms with Gasteiger partial charge in [-0.05, 0) is 56.7 Å². The van der Waals surface area contributed by atoms with Crippen LogP contribution in [0.3, 0.4) is 0 Å². The Balaban J connectivity index is 2.35. The van der Waals surface area contributed by atoms with E-state index >= 15 is 0 Å². The summed E-state index contributed by atoms with van der Waals surface area (Å²) in [4.78, 5) is 12.3. The van der Waals surface area contributed by atoms with Crippen LogP contribution in [-0.2, 0) is 4.74 Å². The number of esters is 1. The fourth-order valence-corrected chi connectivity index (χ4v) is 2.40. The van der Waals surface area contributed by atoms with Gasteiger partial charge in [0.15, 0.2) is 0 Å². The van der Waals surface area contributed by atoms with E-state index < -0.39 is 5.60 Å². The van der Waals surface area contributed by atoms with Crippen LogP contribution in [0.15, 0.2) is 42.5 Å². The lowest BCUT2D eigenvalue weighted by Gasteiger charge is -2.19. The molecule has 2 aromatic carbocycles. The van der Waals surface area contributed by atoms with Crippen molar-refractivity contribution in [3.05, 3.63) is 53.1 Å². The Morgan fingerprint density at radius 3 is 2.64 bits per heavy atom. The van der Waals surface area contributed by atoms with Gasteiger partial charge >= 0.3 is 5.97 Å². The second kappa shape index (κ2) is 8.09. The van der Waals surface area contributed by atoms with E-state index in [0.29, 0.717) is 29.4 Å². The Morgan fingerprint density at radius 2 is 1.96 bits per heavy atom. The van der Waals surface area contributed by atoms with Crippen molar-refractivity contribution in [1.29, 1.82) is 0 Å². The highest BCUT2D eigenvalue weighted by Gasteiger charge is 2.18. The van der Waals surface area contributed by atoms with Crippen molar-refractivity contribution in [2.45, 2.75) is 32.8 Å². The Labute approximate surface area is 153 Å². The second-order valence-corrected chi connectivity index (χ2v) is 6.96. The summed E-state index contributed by atoms with van der Waals surface area (Å²) in [6.07, 6.45) is 5.78. The van der Waals surface area contributed by atoms with Gasteiger partial charge in [0.1, 0.15) is 11.4 Å². The zero-order valence-corrected chi connectivity index (χ0v) is 15.4. The van der Waals surface area contributed by atoms with Crippen LogP contribution in [0.2, 0.25) is 5.02 Å². The fourth-order valence-electron chi connectivity index (χ4n) is 2.22. The molecule has 0 N–H and O–H groups in total. The van der Waals surface area contributed by atoms with Gasteiger partial charge in [-0.25, -0.2) is 4.79 Å². The van der Waals surface area contributed by atoms with Crippen molar-refractivity contribution in [2.75, 3.05) is 6.61 Å². The van der Waals surface area contributed by atoms with Crippen LogP contribution in [-0.4, -0.2) is 18.2 Å². The van der Waals surface area contributed by atoms with E-state index in [4.69, 9.17) is 27.5 Å². The van der Waals surface area contributed by atoms with Crippen LogP contribution in [0.1, 0.15) is 37.6 Å². The molecule has 0 saturated heterocycles. The van der Waals surface area contributed by atoms with E-state index in [2.05, 4.69) is 5.92 Å². The topological polar surface area (TPSA) is 35.5 Å². The lowest BCUT2D eigenvalue weighted by molar-refractivity contribution is 0.00696. The van der Waals surface area contributed by atoms with Crippen molar-refractivity contribution < 1.29 is 14.3 Å². The lowest BCUT2D eigenvalue weighted by Crippen LogP contribution is -2.23. The van der Waals surface area contributed by atoms with E-state index in [1.165, 1.54) is 0 Å². The van der Waals surface area contributed by atoms with Gasteiger partial charge in [-0.3, -0.25) is 0 Å². The maximum absolute atomic E-state index is 12.3. The minimum Gasteiger partial charge on any atom is -0.492 e. The van der Waals surface area contributed by atoms with Gasteiger partial charge < -0.3 is 9.47 Å². The number of terminal acetylenes is 1. The van der Waals surface area contributed by atoms with E-state index in [9.17, 15) is 4.79 Å². The largest absolute Gasteiger partial charge is 0.492 e. The van der Waals surface area contributed by atoms with Crippen LogP contribution >= 0.6 is 11.6 Å². The highest BCUT2D eigenvalue weighted by Crippen LogP contribution is 2.33. The van der Waals surface area contributed by atoms with E-state index in [1.807, 2.05) is 26.8 Å². The minimum atomic E-state index is -0.549. The quantitative estimate of drug-likeness (QED) is 0.410. The molecule has 2 aromatic rings. The van der Waals surface area contributed by atoms with E-state index in [-0.39, 0.29) is 5.97 Å². The van der Waals surface area contributed by atoms with Crippen LogP contribution in [0.5, 0.6) is 5.75 Å². The molecule has 0 spiro atoms. The van der Waals surface area contributed by atoms with Crippen molar-refractivity contribution >= 4 is 17.6 Å². The average Bonchev–Trinajstić information content (AvgIpc) is 2.55. The van der Waals surface area contributed by atoms with Gasteiger partial charge in [-0.2, -0.15) is 0 Å². The van der Waals surface area contributed by atoms with Gasteiger partial charge in [-0.1, -0.05) is 23.7 Å². The maximum atomic E-state index is 12.3. The van der Waals surface area contributed by atoms with Gasteiger partial charge in [0.05, 0.1) is 12.2 Å². The number of ether oxygens (including phenoxy) is 2. The normalized spacial score (nSPS) is 10.8. The molecule has 0 unspecified atom stereocenters. The van der Waals surface area contributed by atoms with Crippen molar-refractivity contribution in [1.82, 2.24) is 0 Å². The number of hydrogen-bond acceptors (Lipinski definition) is 3. The van der Waals surface area contributed by atoms with Gasteiger partial charge in [-0.15, -0.1) is 12.3 Å². The molecule has 0 saturated carbocycles. The third kappa shape index (κ3) is 5.55. The maximum Gasteiger partial charge on any atom is 0.338 e. The van der Waals surface area contributed by atoms with Crippen molar-refractivity contribution in [3.63, 3.8) is 0 Å². The first-order valence-corrected chi connectivity index (χ1v) is 8.37. The summed E-state index contributed by atoms with van der Waals surface area (Å²) in [5.41, 5.74) is 1.55. The Bertz CT molecular complexity index is 798. The predicted octanol–water partition coefficient (Wildman–Crippen LogP) is 5.36. The number of hydrogen-bond donors (Lipinski definition) is 0. The molecule has 0 aliphatic rings. The van der Waals surface area contributed by atoms with E-state index in [0.717, 1.165) is 11.1 Å². The molecule has 0 aliphatic carbocycles. The summed E-state index contributed by atoms with van der Waals surface area (Å²) < 4.78 is 11.2. The third-order valence-corrected chi connectivity index (χ3v) is 3.49. The molecular formula is C21H21ClO3. The molecule has 2 rings (SSSR count). The van der Waals surface area contributed by atoms with Gasteiger partial charge in [0.25, 0.3) is 0 Å². The molecule has 0 atom stereocenters. The summed E-state index contributed by atoms with van der Waals surface area (Å²) in [6.45, 7) is 5.92. The molecule has 0 fully saturated rings. The summed E-state index contributed by atoms with van der Waals surface area (Å²) in [5.74, 6) is 2.84. The Morgan fingerprint density at radius 1 is 1.20 bits per heavy atom. The standard InChI is InChI=1S/C21H21ClO3/c1-5-6-12-24-19-11-10-17(22)14-18(19)15-8-7-9-16(13-15)20(23)25-21(2,3)4/h1,7-11,13-14H,6,12H2,2-4H3. The van der Waals surface area contributed by atoms with Crippen molar-refractivity contribution in [3.8, 4) is 29.2 Å². The fraction of sp³-hybridized carbons (Fsp3) is 0.286. The average molecular weight is 357 g/mol. The summed E-state index contributed by atoms with van der Waals surface area (Å²) >= 11 is 6.14. The number of halogens is 1. The molecule has 0 aromatic heterocycles.